The second-order valence-corrected chi connectivity index (χ2v) is 5.57. The molecule has 0 bridgehead atoms. The van der Waals surface area contributed by atoms with E-state index in [1.54, 1.807) is 11.8 Å². The molecule has 4 heteroatoms. The van der Waals surface area contributed by atoms with E-state index >= 15 is 0 Å². The zero-order valence-corrected chi connectivity index (χ0v) is 11.6. The number of amides is 1. The molecule has 2 rings (SSSR count). The Morgan fingerprint density at radius 2 is 2.22 bits per heavy atom. The van der Waals surface area contributed by atoms with Crippen molar-refractivity contribution in [2.75, 3.05) is 19.3 Å². The summed E-state index contributed by atoms with van der Waals surface area (Å²) >= 11 is 1.73. The molecule has 1 saturated heterocycles. The van der Waals surface area contributed by atoms with Crippen molar-refractivity contribution in [2.45, 2.75) is 24.3 Å². The van der Waals surface area contributed by atoms with Crippen molar-refractivity contribution >= 4 is 17.7 Å². The second-order valence-electron chi connectivity index (χ2n) is 4.69. The molecule has 1 aliphatic heterocycles. The Hall–Kier alpha value is -1.00. The van der Waals surface area contributed by atoms with E-state index in [1.165, 1.54) is 4.90 Å². The topological polar surface area (TPSA) is 41.1 Å². The average Bonchev–Trinajstić information content (AvgIpc) is 2.90. The Kier molecular flexibility index (Phi) is 5.08. The maximum absolute atomic E-state index is 11.8. The fourth-order valence-corrected chi connectivity index (χ4v) is 2.58. The fraction of sp³-hybridized carbons (Fsp3) is 0.500. The predicted octanol–water partition coefficient (Wildman–Crippen LogP) is 2.02. The molecule has 1 aromatic rings. The van der Waals surface area contributed by atoms with E-state index in [1.807, 2.05) is 0 Å². The summed E-state index contributed by atoms with van der Waals surface area (Å²) < 4.78 is 0. The van der Waals surface area contributed by atoms with Crippen LogP contribution in [-0.4, -0.2) is 25.3 Å². The molecular weight excluding hydrogens is 244 g/mol. The first kappa shape index (κ1) is 13.4. The minimum absolute atomic E-state index is 0.164. The molecule has 1 fully saturated rings. The lowest BCUT2D eigenvalue weighted by molar-refractivity contribution is -0.122. The van der Waals surface area contributed by atoms with Gasteiger partial charge in [0.25, 0.3) is 0 Å². The van der Waals surface area contributed by atoms with Crippen molar-refractivity contribution in [1.82, 2.24) is 10.6 Å². The highest BCUT2D eigenvalue weighted by molar-refractivity contribution is 7.98. The Morgan fingerprint density at radius 3 is 2.83 bits per heavy atom. The lowest BCUT2D eigenvalue weighted by Gasteiger charge is -2.09. The van der Waals surface area contributed by atoms with Crippen LogP contribution in [0.25, 0.3) is 0 Å². The number of rotatable bonds is 5. The number of carbonyl (C=O) groups excluding carboxylic acids is 1. The normalized spacial score (nSPS) is 18.8. The van der Waals surface area contributed by atoms with Gasteiger partial charge in [-0.1, -0.05) is 12.1 Å². The maximum Gasteiger partial charge on any atom is 0.220 e. The molecule has 98 valence electrons. The van der Waals surface area contributed by atoms with E-state index in [0.29, 0.717) is 18.9 Å². The summed E-state index contributed by atoms with van der Waals surface area (Å²) in [6.07, 6.45) is 3.83. The van der Waals surface area contributed by atoms with Gasteiger partial charge in [0.2, 0.25) is 5.91 Å². The highest BCUT2D eigenvalue weighted by Crippen LogP contribution is 2.15. The number of hydrogen-bond donors (Lipinski definition) is 2. The molecule has 18 heavy (non-hydrogen) atoms. The van der Waals surface area contributed by atoms with Crippen LogP contribution >= 0.6 is 11.8 Å². The van der Waals surface area contributed by atoms with E-state index in [-0.39, 0.29) is 5.91 Å². The van der Waals surface area contributed by atoms with Crippen molar-refractivity contribution in [3.05, 3.63) is 29.8 Å². The van der Waals surface area contributed by atoms with E-state index in [2.05, 4.69) is 41.2 Å². The van der Waals surface area contributed by atoms with Gasteiger partial charge in [0.1, 0.15) is 0 Å². The molecule has 1 atom stereocenters. The minimum atomic E-state index is 0.164. The van der Waals surface area contributed by atoms with Crippen LogP contribution in [0.2, 0.25) is 0 Å². The number of carbonyl (C=O) groups is 1. The molecule has 1 amide bonds. The van der Waals surface area contributed by atoms with Crippen molar-refractivity contribution in [3.63, 3.8) is 0 Å². The van der Waals surface area contributed by atoms with E-state index in [0.717, 1.165) is 25.1 Å². The van der Waals surface area contributed by atoms with Crippen molar-refractivity contribution < 1.29 is 4.79 Å². The summed E-state index contributed by atoms with van der Waals surface area (Å²) in [5, 5.41) is 6.27. The molecule has 3 nitrogen and oxygen atoms in total. The van der Waals surface area contributed by atoms with Crippen LogP contribution in [0.1, 0.15) is 18.4 Å². The quantitative estimate of drug-likeness (QED) is 0.800. The van der Waals surface area contributed by atoms with E-state index < -0.39 is 0 Å². The minimum Gasteiger partial charge on any atom is -0.352 e. The van der Waals surface area contributed by atoms with Gasteiger partial charge in [0, 0.05) is 17.9 Å². The van der Waals surface area contributed by atoms with Crippen LogP contribution in [0.5, 0.6) is 0 Å². The predicted molar refractivity (Wildman–Crippen MR) is 75.7 cm³/mol. The first-order valence-corrected chi connectivity index (χ1v) is 7.61. The molecule has 0 spiro atoms. The van der Waals surface area contributed by atoms with Crippen molar-refractivity contribution in [3.8, 4) is 0 Å². The van der Waals surface area contributed by atoms with E-state index in [4.69, 9.17) is 0 Å². The second kappa shape index (κ2) is 6.81. The molecule has 0 saturated carbocycles. The fourth-order valence-electron chi connectivity index (χ4n) is 2.17. The summed E-state index contributed by atoms with van der Waals surface area (Å²) in [7, 11) is 0. The van der Waals surface area contributed by atoms with Gasteiger partial charge >= 0.3 is 0 Å². The number of nitrogens with one attached hydrogen (secondary N) is 2. The summed E-state index contributed by atoms with van der Waals surface area (Å²) in [6.45, 7) is 2.66. The van der Waals surface area contributed by atoms with Gasteiger partial charge < -0.3 is 10.6 Å². The lowest BCUT2D eigenvalue weighted by atomic mass is 10.0. The number of thioether (sulfide) groups is 1. The van der Waals surface area contributed by atoms with Gasteiger partial charge in [-0.25, -0.2) is 0 Å². The van der Waals surface area contributed by atoms with Gasteiger partial charge in [-0.15, -0.1) is 11.8 Å². The van der Waals surface area contributed by atoms with Crippen molar-refractivity contribution in [1.29, 1.82) is 0 Å². The number of benzene rings is 1. The first-order chi connectivity index (χ1) is 8.78. The largest absolute Gasteiger partial charge is 0.352 e. The first-order valence-electron chi connectivity index (χ1n) is 6.38. The highest BCUT2D eigenvalue weighted by Gasteiger charge is 2.17. The monoisotopic (exact) mass is 264 g/mol. The Morgan fingerprint density at radius 1 is 1.44 bits per heavy atom. The van der Waals surface area contributed by atoms with Crippen molar-refractivity contribution in [2.24, 2.45) is 5.92 Å². The molecule has 1 aliphatic rings. The van der Waals surface area contributed by atoms with Crippen LogP contribution in [-0.2, 0) is 11.3 Å². The SMILES string of the molecule is CSc1ccc(CNC(=O)CC2CCNC2)cc1. The van der Waals surface area contributed by atoms with Crippen LogP contribution in [0, 0.1) is 5.92 Å². The summed E-state index contributed by atoms with van der Waals surface area (Å²) in [6, 6.07) is 8.33. The zero-order chi connectivity index (χ0) is 12.8. The highest BCUT2D eigenvalue weighted by atomic mass is 32.2. The Balaban J connectivity index is 1.74. The van der Waals surface area contributed by atoms with Gasteiger partial charge in [0.15, 0.2) is 0 Å². The number of hydrogen-bond acceptors (Lipinski definition) is 3. The smallest absolute Gasteiger partial charge is 0.220 e. The van der Waals surface area contributed by atoms with Crippen LogP contribution in [0.4, 0.5) is 0 Å². The molecule has 1 heterocycles. The summed E-state index contributed by atoms with van der Waals surface area (Å²) in [4.78, 5) is 13.0. The van der Waals surface area contributed by atoms with Crippen LogP contribution in [0.3, 0.4) is 0 Å². The zero-order valence-electron chi connectivity index (χ0n) is 10.7. The van der Waals surface area contributed by atoms with Gasteiger partial charge in [-0.05, 0) is 49.4 Å². The van der Waals surface area contributed by atoms with Crippen LogP contribution < -0.4 is 10.6 Å². The van der Waals surface area contributed by atoms with Crippen LogP contribution in [0.15, 0.2) is 29.2 Å². The van der Waals surface area contributed by atoms with E-state index in [9.17, 15) is 4.79 Å². The average molecular weight is 264 g/mol. The third-order valence-electron chi connectivity index (χ3n) is 3.29. The van der Waals surface area contributed by atoms with Gasteiger partial charge in [-0.2, -0.15) is 0 Å². The summed E-state index contributed by atoms with van der Waals surface area (Å²) in [5.41, 5.74) is 1.16. The lowest BCUT2D eigenvalue weighted by Crippen LogP contribution is -2.25. The molecule has 0 aromatic heterocycles. The molecule has 1 aromatic carbocycles. The third-order valence-corrected chi connectivity index (χ3v) is 4.03. The standard InChI is InChI=1S/C14H20N2OS/c1-18-13-4-2-11(3-5-13)10-16-14(17)8-12-6-7-15-9-12/h2-5,12,15H,6-10H2,1H3,(H,16,17). The molecule has 0 aliphatic carbocycles. The molecular formula is C14H20N2OS. The Labute approximate surface area is 113 Å². The third kappa shape index (κ3) is 4.03. The Bertz CT molecular complexity index is 385. The molecule has 2 N–H and O–H groups in total. The molecule has 0 radical (unpaired) electrons. The summed E-state index contributed by atoms with van der Waals surface area (Å²) in [5.74, 6) is 0.682. The van der Waals surface area contributed by atoms with Gasteiger partial charge in [-0.3, -0.25) is 4.79 Å². The van der Waals surface area contributed by atoms with Gasteiger partial charge in [0.05, 0.1) is 0 Å². The molecule has 1 unspecified atom stereocenters. The maximum atomic E-state index is 11.8.